The number of amides is 1. The quantitative estimate of drug-likeness (QED) is 0.728. The van der Waals surface area contributed by atoms with Crippen molar-refractivity contribution in [1.82, 2.24) is 15.1 Å². The van der Waals surface area contributed by atoms with E-state index < -0.39 is 0 Å². The van der Waals surface area contributed by atoms with Crippen LogP contribution in [0.2, 0.25) is 0 Å². The highest BCUT2D eigenvalue weighted by Crippen LogP contribution is 2.21. The smallest absolute Gasteiger partial charge is 0.266 e. The molecule has 26 heavy (non-hydrogen) atoms. The van der Waals surface area contributed by atoms with E-state index in [0.717, 1.165) is 21.7 Å². The summed E-state index contributed by atoms with van der Waals surface area (Å²) in [5, 5.41) is 9.25. The van der Waals surface area contributed by atoms with E-state index in [4.69, 9.17) is 0 Å². The number of nitrogens with one attached hydrogen (secondary N) is 1. The van der Waals surface area contributed by atoms with Gasteiger partial charge < -0.3 is 5.32 Å². The predicted molar refractivity (Wildman–Crippen MR) is 104 cm³/mol. The first kappa shape index (κ1) is 18.1. The van der Waals surface area contributed by atoms with Crippen LogP contribution >= 0.6 is 11.3 Å². The Labute approximate surface area is 156 Å². The minimum Gasteiger partial charge on any atom is -0.354 e. The molecule has 2 heterocycles. The van der Waals surface area contributed by atoms with Gasteiger partial charge in [0.2, 0.25) is 5.91 Å². The van der Waals surface area contributed by atoms with Crippen LogP contribution in [0.5, 0.6) is 0 Å². The molecule has 134 valence electrons. The number of hydrogen-bond donors (Lipinski definition) is 1. The van der Waals surface area contributed by atoms with Crippen molar-refractivity contribution in [2.45, 2.75) is 26.3 Å². The van der Waals surface area contributed by atoms with Crippen molar-refractivity contribution in [2.75, 3.05) is 6.54 Å². The predicted octanol–water partition coefficient (Wildman–Crippen LogP) is 3.20. The lowest BCUT2D eigenvalue weighted by Crippen LogP contribution is -2.34. The van der Waals surface area contributed by atoms with Gasteiger partial charge in [-0.1, -0.05) is 35.9 Å². The highest BCUT2D eigenvalue weighted by Gasteiger charge is 2.14. The SMILES string of the molecule is Cc1ccc(C(C)C(=O)NCCn2nc(-c3cccs3)ccc2=O)cc1. The first-order chi connectivity index (χ1) is 12.5. The average molecular weight is 367 g/mol. The standard InChI is InChI=1S/C20H21N3O2S/c1-14-5-7-16(8-6-14)15(2)20(25)21-11-12-23-19(24)10-9-17(22-23)18-4-3-13-26-18/h3-10,13,15H,11-12H2,1-2H3,(H,21,25). The summed E-state index contributed by atoms with van der Waals surface area (Å²) >= 11 is 1.57. The zero-order valence-corrected chi connectivity index (χ0v) is 15.6. The molecular formula is C20H21N3O2S. The van der Waals surface area contributed by atoms with Gasteiger partial charge in [0, 0.05) is 12.6 Å². The van der Waals surface area contributed by atoms with Crippen LogP contribution < -0.4 is 10.9 Å². The van der Waals surface area contributed by atoms with Gasteiger partial charge in [0.15, 0.2) is 0 Å². The van der Waals surface area contributed by atoms with Gasteiger partial charge in [-0.05, 0) is 36.9 Å². The topological polar surface area (TPSA) is 64.0 Å². The van der Waals surface area contributed by atoms with Crippen molar-refractivity contribution in [3.8, 4) is 10.6 Å². The lowest BCUT2D eigenvalue weighted by molar-refractivity contribution is -0.122. The monoisotopic (exact) mass is 367 g/mol. The molecule has 0 bridgehead atoms. The molecule has 0 saturated heterocycles. The van der Waals surface area contributed by atoms with Crippen LogP contribution in [0, 0.1) is 6.92 Å². The van der Waals surface area contributed by atoms with Crippen molar-refractivity contribution < 1.29 is 4.79 Å². The first-order valence-corrected chi connectivity index (χ1v) is 9.39. The number of carbonyl (C=O) groups excluding carboxylic acids is 1. The fourth-order valence-corrected chi connectivity index (χ4v) is 3.30. The number of benzene rings is 1. The third-order valence-electron chi connectivity index (χ3n) is 4.23. The van der Waals surface area contributed by atoms with E-state index in [0.29, 0.717) is 13.1 Å². The van der Waals surface area contributed by atoms with Gasteiger partial charge in [-0.3, -0.25) is 9.59 Å². The van der Waals surface area contributed by atoms with E-state index in [1.807, 2.05) is 55.6 Å². The molecule has 1 unspecified atom stereocenters. The fourth-order valence-electron chi connectivity index (χ4n) is 2.61. The zero-order valence-electron chi connectivity index (χ0n) is 14.8. The van der Waals surface area contributed by atoms with E-state index in [1.165, 1.54) is 10.7 Å². The summed E-state index contributed by atoms with van der Waals surface area (Å²) in [7, 11) is 0. The third-order valence-corrected chi connectivity index (χ3v) is 5.13. The number of thiophene rings is 1. The van der Waals surface area contributed by atoms with Crippen LogP contribution in [0.15, 0.2) is 58.7 Å². The second kappa shape index (κ2) is 8.10. The second-order valence-corrected chi connectivity index (χ2v) is 7.13. The van der Waals surface area contributed by atoms with Crippen molar-refractivity contribution >= 4 is 17.2 Å². The van der Waals surface area contributed by atoms with E-state index >= 15 is 0 Å². The van der Waals surface area contributed by atoms with Gasteiger partial charge >= 0.3 is 0 Å². The van der Waals surface area contributed by atoms with Crippen LogP contribution in [-0.4, -0.2) is 22.2 Å². The van der Waals surface area contributed by atoms with Crippen molar-refractivity contribution in [3.05, 3.63) is 75.4 Å². The Morgan fingerprint density at radius 3 is 2.65 bits per heavy atom. The van der Waals surface area contributed by atoms with E-state index in [-0.39, 0.29) is 17.4 Å². The minimum absolute atomic E-state index is 0.0590. The maximum absolute atomic E-state index is 12.3. The number of rotatable bonds is 6. The Balaban J connectivity index is 1.61. The molecule has 0 aliphatic rings. The van der Waals surface area contributed by atoms with Crippen LogP contribution in [0.1, 0.15) is 24.0 Å². The number of nitrogens with zero attached hydrogens (tertiary/aromatic N) is 2. The molecular weight excluding hydrogens is 346 g/mol. The van der Waals surface area contributed by atoms with Gasteiger partial charge in [0.25, 0.3) is 5.56 Å². The summed E-state index contributed by atoms with van der Waals surface area (Å²) in [6.07, 6.45) is 0. The van der Waals surface area contributed by atoms with Crippen molar-refractivity contribution in [3.63, 3.8) is 0 Å². The van der Waals surface area contributed by atoms with Crippen LogP contribution in [0.3, 0.4) is 0 Å². The van der Waals surface area contributed by atoms with E-state index in [9.17, 15) is 9.59 Å². The molecule has 1 amide bonds. The average Bonchev–Trinajstić information content (AvgIpc) is 3.18. The van der Waals surface area contributed by atoms with Gasteiger partial charge in [-0.25, -0.2) is 4.68 Å². The molecule has 1 N–H and O–H groups in total. The lowest BCUT2D eigenvalue weighted by Gasteiger charge is -2.13. The maximum atomic E-state index is 12.3. The summed E-state index contributed by atoms with van der Waals surface area (Å²) < 4.78 is 1.39. The lowest BCUT2D eigenvalue weighted by atomic mass is 9.99. The normalized spacial score (nSPS) is 11.9. The number of aromatic nitrogens is 2. The maximum Gasteiger partial charge on any atom is 0.266 e. The first-order valence-electron chi connectivity index (χ1n) is 8.51. The van der Waals surface area contributed by atoms with Crippen LogP contribution in [0.4, 0.5) is 0 Å². The zero-order chi connectivity index (χ0) is 18.5. The molecule has 0 aliphatic carbocycles. The van der Waals surface area contributed by atoms with Gasteiger partial charge in [0.05, 0.1) is 17.3 Å². The highest BCUT2D eigenvalue weighted by molar-refractivity contribution is 7.13. The minimum atomic E-state index is -0.238. The molecule has 0 saturated carbocycles. The molecule has 1 atom stereocenters. The van der Waals surface area contributed by atoms with Gasteiger partial charge in [-0.2, -0.15) is 5.10 Å². The molecule has 0 spiro atoms. The Kier molecular flexibility index (Phi) is 5.63. The Hall–Kier alpha value is -2.73. The fraction of sp³-hybridized carbons (Fsp3) is 0.250. The van der Waals surface area contributed by atoms with Crippen molar-refractivity contribution in [1.29, 1.82) is 0 Å². The third kappa shape index (κ3) is 4.26. The van der Waals surface area contributed by atoms with Crippen LogP contribution in [-0.2, 0) is 11.3 Å². The van der Waals surface area contributed by atoms with Gasteiger partial charge in [-0.15, -0.1) is 11.3 Å². The molecule has 6 heteroatoms. The Morgan fingerprint density at radius 1 is 1.19 bits per heavy atom. The molecule has 3 aromatic rings. The Morgan fingerprint density at radius 2 is 1.96 bits per heavy atom. The molecule has 3 rings (SSSR count). The number of carbonyl (C=O) groups is 1. The summed E-state index contributed by atoms with van der Waals surface area (Å²) in [5.41, 5.74) is 2.73. The second-order valence-electron chi connectivity index (χ2n) is 6.18. The molecule has 0 radical (unpaired) electrons. The van der Waals surface area contributed by atoms with E-state index in [1.54, 1.807) is 17.4 Å². The highest BCUT2D eigenvalue weighted by atomic mass is 32.1. The van der Waals surface area contributed by atoms with Crippen molar-refractivity contribution in [2.24, 2.45) is 0 Å². The summed E-state index contributed by atoms with van der Waals surface area (Å²) in [5.74, 6) is -0.297. The number of hydrogen-bond acceptors (Lipinski definition) is 4. The molecule has 5 nitrogen and oxygen atoms in total. The Bertz CT molecular complexity index is 930. The molecule has 2 aromatic heterocycles. The van der Waals surface area contributed by atoms with E-state index in [2.05, 4.69) is 10.4 Å². The molecule has 0 fully saturated rings. The van der Waals surface area contributed by atoms with Gasteiger partial charge in [0.1, 0.15) is 5.69 Å². The number of aryl methyl sites for hydroxylation is 1. The summed E-state index contributed by atoms with van der Waals surface area (Å²) in [4.78, 5) is 25.3. The largest absolute Gasteiger partial charge is 0.354 e. The molecule has 0 aliphatic heterocycles. The summed E-state index contributed by atoms with van der Waals surface area (Å²) in [6, 6.07) is 15.1. The summed E-state index contributed by atoms with van der Waals surface area (Å²) in [6.45, 7) is 4.59. The molecule has 1 aromatic carbocycles. The van der Waals surface area contributed by atoms with Crippen LogP contribution in [0.25, 0.3) is 10.6 Å².